The van der Waals surface area contributed by atoms with Crippen molar-refractivity contribution in [1.29, 1.82) is 0 Å². The number of methoxy groups -OCH3 is 1. The smallest absolute Gasteiger partial charge is 0.307 e. The van der Waals surface area contributed by atoms with Crippen molar-refractivity contribution in [2.24, 2.45) is 0 Å². The number of carbonyl (C=O) groups excluding carboxylic acids is 1. The van der Waals surface area contributed by atoms with Crippen LogP contribution in [0.4, 0.5) is 11.4 Å². The number of anilines is 1. The van der Waals surface area contributed by atoms with Crippen LogP contribution in [-0.4, -0.2) is 36.1 Å². The Morgan fingerprint density at radius 3 is 2.78 bits per heavy atom. The average molecular weight is 458 g/mol. The Bertz CT molecular complexity index is 1090. The molecule has 0 atom stereocenters. The van der Waals surface area contributed by atoms with Crippen molar-refractivity contribution in [3.8, 4) is 22.1 Å². The monoisotopic (exact) mass is 457 g/mol. The van der Waals surface area contributed by atoms with E-state index in [-0.39, 0.29) is 25.3 Å². The minimum absolute atomic E-state index is 0.0400. The molecule has 10 heteroatoms. The third kappa shape index (κ3) is 5.94. The molecule has 0 aliphatic heterocycles. The highest BCUT2D eigenvalue weighted by Crippen LogP contribution is 2.34. The van der Waals surface area contributed by atoms with E-state index < -0.39 is 10.9 Å². The number of hydrogen-bond donors (Lipinski definition) is 1. The van der Waals surface area contributed by atoms with E-state index in [1.165, 1.54) is 17.4 Å². The summed E-state index contributed by atoms with van der Waals surface area (Å²) in [4.78, 5) is 27.1. The molecule has 0 aliphatic rings. The molecule has 1 N–H and O–H groups in total. The number of rotatable bonds is 11. The van der Waals surface area contributed by atoms with E-state index in [1.54, 1.807) is 25.3 Å². The molecule has 1 heterocycles. The fourth-order valence-corrected chi connectivity index (χ4v) is 3.69. The Hall–Kier alpha value is -3.66. The number of aromatic nitrogens is 1. The molecule has 168 valence electrons. The summed E-state index contributed by atoms with van der Waals surface area (Å²) in [5.41, 5.74) is 1.83. The number of benzene rings is 2. The molecule has 1 aromatic heterocycles. The first-order chi connectivity index (χ1) is 15.5. The number of esters is 1. The van der Waals surface area contributed by atoms with Gasteiger partial charge in [-0.05, 0) is 31.2 Å². The van der Waals surface area contributed by atoms with Crippen LogP contribution in [0.1, 0.15) is 19.0 Å². The fraction of sp³-hybridized carbons (Fsp3) is 0.273. The first-order valence-corrected chi connectivity index (χ1v) is 10.8. The van der Waals surface area contributed by atoms with Crippen molar-refractivity contribution in [3.05, 3.63) is 63.7 Å². The maximum Gasteiger partial charge on any atom is 0.307 e. The Morgan fingerprint density at radius 1 is 1.22 bits per heavy atom. The SMILES string of the molecule is CCOc1ccc(-c2nc(COC(=O)CCNc3ccccc3[N+](=O)[O-])cs2)cc1OC. The van der Waals surface area contributed by atoms with Gasteiger partial charge in [0.25, 0.3) is 5.69 Å². The lowest BCUT2D eigenvalue weighted by Gasteiger charge is -2.10. The third-order valence-electron chi connectivity index (χ3n) is 4.39. The number of hydrogen-bond acceptors (Lipinski definition) is 9. The van der Waals surface area contributed by atoms with Crippen LogP contribution in [0.3, 0.4) is 0 Å². The lowest BCUT2D eigenvalue weighted by Crippen LogP contribution is -2.12. The number of nitrogens with zero attached hydrogens (tertiary/aromatic N) is 2. The summed E-state index contributed by atoms with van der Waals surface area (Å²) >= 11 is 1.44. The van der Waals surface area contributed by atoms with Crippen LogP contribution in [0.25, 0.3) is 10.6 Å². The van der Waals surface area contributed by atoms with Crippen molar-refractivity contribution >= 4 is 28.7 Å². The average Bonchev–Trinajstić information content (AvgIpc) is 3.27. The number of carbonyl (C=O) groups is 1. The summed E-state index contributed by atoms with van der Waals surface area (Å²) in [7, 11) is 1.58. The molecule has 0 radical (unpaired) electrons. The minimum atomic E-state index is -0.472. The Kier molecular flexibility index (Phi) is 7.98. The van der Waals surface area contributed by atoms with Gasteiger partial charge in [0.15, 0.2) is 11.5 Å². The second kappa shape index (κ2) is 11.1. The van der Waals surface area contributed by atoms with Gasteiger partial charge < -0.3 is 19.5 Å². The van der Waals surface area contributed by atoms with E-state index in [1.807, 2.05) is 30.5 Å². The third-order valence-corrected chi connectivity index (χ3v) is 5.33. The maximum absolute atomic E-state index is 12.0. The van der Waals surface area contributed by atoms with Crippen LogP contribution < -0.4 is 14.8 Å². The largest absolute Gasteiger partial charge is 0.493 e. The topological polar surface area (TPSA) is 113 Å². The van der Waals surface area contributed by atoms with E-state index in [4.69, 9.17) is 14.2 Å². The van der Waals surface area contributed by atoms with Crippen LogP contribution in [0.5, 0.6) is 11.5 Å². The van der Waals surface area contributed by atoms with Crippen LogP contribution in [-0.2, 0) is 16.1 Å². The van der Waals surface area contributed by atoms with Crippen LogP contribution in [0.15, 0.2) is 47.8 Å². The van der Waals surface area contributed by atoms with Gasteiger partial charge in [-0.25, -0.2) is 4.98 Å². The zero-order chi connectivity index (χ0) is 22.9. The fourth-order valence-electron chi connectivity index (χ4n) is 2.89. The zero-order valence-electron chi connectivity index (χ0n) is 17.7. The standard InChI is InChI=1S/C22H23N3O6S/c1-3-30-19-9-8-15(12-20(19)29-2)22-24-16(14-32-22)13-31-21(26)10-11-23-17-6-4-5-7-18(17)25(27)28/h4-9,12,14,23H,3,10-11,13H2,1-2H3. The molecular formula is C22H23N3O6S. The molecule has 0 saturated carbocycles. The predicted molar refractivity (Wildman–Crippen MR) is 121 cm³/mol. The number of thiazole rings is 1. The van der Waals surface area contributed by atoms with Gasteiger partial charge in [-0.2, -0.15) is 0 Å². The number of nitro benzene ring substituents is 1. The van der Waals surface area contributed by atoms with Gasteiger partial charge in [0.05, 0.1) is 30.8 Å². The van der Waals surface area contributed by atoms with Crippen LogP contribution in [0, 0.1) is 10.1 Å². The van der Waals surface area contributed by atoms with Gasteiger partial charge in [0.2, 0.25) is 0 Å². The first-order valence-electron chi connectivity index (χ1n) is 9.90. The molecule has 0 spiro atoms. The highest BCUT2D eigenvalue weighted by Gasteiger charge is 2.13. The van der Waals surface area contributed by atoms with E-state index in [0.29, 0.717) is 29.5 Å². The van der Waals surface area contributed by atoms with E-state index in [9.17, 15) is 14.9 Å². The minimum Gasteiger partial charge on any atom is -0.493 e. The molecular weight excluding hydrogens is 434 g/mol. The number of para-hydroxylation sites is 2. The molecule has 0 unspecified atom stereocenters. The Morgan fingerprint density at radius 2 is 2.03 bits per heavy atom. The molecule has 3 rings (SSSR count). The molecule has 0 saturated heterocycles. The molecule has 0 fully saturated rings. The van der Waals surface area contributed by atoms with Crippen molar-refractivity contribution in [2.75, 3.05) is 25.6 Å². The summed E-state index contributed by atoms with van der Waals surface area (Å²) in [5.74, 6) is 0.867. The lowest BCUT2D eigenvalue weighted by atomic mass is 10.2. The summed E-state index contributed by atoms with van der Waals surface area (Å²) in [6, 6.07) is 11.9. The molecule has 0 bridgehead atoms. The second-order valence-electron chi connectivity index (χ2n) is 6.55. The molecule has 9 nitrogen and oxygen atoms in total. The number of nitrogens with one attached hydrogen (secondary N) is 1. The lowest BCUT2D eigenvalue weighted by molar-refractivity contribution is -0.384. The van der Waals surface area contributed by atoms with Crippen molar-refractivity contribution in [1.82, 2.24) is 4.98 Å². The van der Waals surface area contributed by atoms with Crippen LogP contribution >= 0.6 is 11.3 Å². The number of ether oxygens (including phenoxy) is 3. The van der Waals surface area contributed by atoms with Crippen LogP contribution in [0.2, 0.25) is 0 Å². The molecule has 0 amide bonds. The van der Waals surface area contributed by atoms with Gasteiger partial charge in [-0.15, -0.1) is 11.3 Å². The summed E-state index contributed by atoms with van der Waals surface area (Å²) in [6.45, 7) is 2.72. The summed E-state index contributed by atoms with van der Waals surface area (Å²) in [5, 5.41) is 16.5. The number of nitro groups is 1. The first kappa shape index (κ1) is 23.0. The van der Waals surface area contributed by atoms with E-state index in [0.717, 1.165) is 10.6 Å². The quantitative estimate of drug-likeness (QED) is 0.251. The van der Waals surface area contributed by atoms with Crippen molar-refractivity contribution in [2.45, 2.75) is 20.0 Å². The molecule has 0 aliphatic carbocycles. The Labute approximate surface area is 189 Å². The van der Waals surface area contributed by atoms with Gasteiger partial charge in [-0.1, -0.05) is 12.1 Å². The van der Waals surface area contributed by atoms with Gasteiger partial charge in [-0.3, -0.25) is 14.9 Å². The van der Waals surface area contributed by atoms with Gasteiger partial charge >= 0.3 is 5.97 Å². The van der Waals surface area contributed by atoms with Gasteiger partial charge in [0, 0.05) is 23.6 Å². The highest BCUT2D eigenvalue weighted by molar-refractivity contribution is 7.13. The highest BCUT2D eigenvalue weighted by atomic mass is 32.1. The normalized spacial score (nSPS) is 10.4. The van der Waals surface area contributed by atoms with Crippen molar-refractivity contribution in [3.63, 3.8) is 0 Å². The maximum atomic E-state index is 12.0. The Balaban J connectivity index is 1.51. The van der Waals surface area contributed by atoms with E-state index >= 15 is 0 Å². The molecule has 2 aromatic carbocycles. The summed E-state index contributed by atoms with van der Waals surface area (Å²) in [6.07, 6.45) is 0.0686. The van der Waals surface area contributed by atoms with Crippen molar-refractivity contribution < 1.29 is 23.9 Å². The second-order valence-corrected chi connectivity index (χ2v) is 7.41. The van der Waals surface area contributed by atoms with E-state index in [2.05, 4.69) is 10.3 Å². The molecule has 3 aromatic rings. The summed E-state index contributed by atoms with van der Waals surface area (Å²) < 4.78 is 16.2. The van der Waals surface area contributed by atoms with Gasteiger partial charge in [0.1, 0.15) is 17.3 Å². The zero-order valence-corrected chi connectivity index (χ0v) is 18.5. The predicted octanol–water partition coefficient (Wildman–Crippen LogP) is 4.67. The molecule has 32 heavy (non-hydrogen) atoms.